The van der Waals surface area contributed by atoms with E-state index in [2.05, 4.69) is 15.9 Å². The van der Waals surface area contributed by atoms with Gasteiger partial charge < -0.3 is 15.2 Å². The van der Waals surface area contributed by atoms with E-state index in [9.17, 15) is 0 Å². The highest BCUT2D eigenvalue weighted by atomic mass is 79.9. The van der Waals surface area contributed by atoms with Crippen LogP contribution in [0.1, 0.15) is 5.56 Å². The summed E-state index contributed by atoms with van der Waals surface area (Å²) in [7, 11) is 1.63. The van der Waals surface area contributed by atoms with E-state index in [1.807, 2.05) is 42.5 Å². The fraction of sp³-hybridized carbons (Fsp3) is 0.200. The lowest BCUT2D eigenvalue weighted by Gasteiger charge is -2.13. The highest BCUT2D eigenvalue weighted by molar-refractivity contribution is 9.10. The zero-order chi connectivity index (χ0) is 13.7. The van der Waals surface area contributed by atoms with Crippen LogP contribution >= 0.6 is 15.9 Å². The Balaban J connectivity index is 2.34. The first kappa shape index (κ1) is 13.9. The molecule has 0 aliphatic rings. The first-order chi connectivity index (χ1) is 9.24. The predicted octanol–water partition coefficient (Wildman–Crippen LogP) is 3.75. The van der Waals surface area contributed by atoms with Crippen molar-refractivity contribution in [1.82, 2.24) is 0 Å². The Hall–Kier alpha value is -1.52. The molecule has 0 spiro atoms. The molecule has 0 fully saturated rings. The molecule has 0 aliphatic carbocycles. The van der Waals surface area contributed by atoms with E-state index < -0.39 is 0 Å². The maximum absolute atomic E-state index is 5.95. The van der Waals surface area contributed by atoms with Crippen LogP contribution in [0.5, 0.6) is 17.2 Å². The molecule has 0 radical (unpaired) electrons. The van der Waals surface area contributed by atoms with Gasteiger partial charge in [0, 0.05) is 4.47 Å². The second-order valence-corrected chi connectivity index (χ2v) is 4.96. The van der Waals surface area contributed by atoms with E-state index in [-0.39, 0.29) is 0 Å². The zero-order valence-electron chi connectivity index (χ0n) is 10.7. The molecule has 2 aromatic rings. The molecule has 0 aromatic heterocycles. The van der Waals surface area contributed by atoms with Crippen molar-refractivity contribution in [2.75, 3.05) is 13.7 Å². The first-order valence-electron chi connectivity index (χ1n) is 6.04. The molecule has 4 heteroatoms. The van der Waals surface area contributed by atoms with Gasteiger partial charge in [-0.25, -0.2) is 0 Å². The molecule has 100 valence electrons. The number of nitrogens with two attached hydrogens (primary N) is 1. The lowest BCUT2D eigenvalue weighted by Crippen LogP contribution is -2.04. The topological polar surface area (TPSA) is 44.5 Å². The lowest BCUT2D eigenvalue weighted by molar-refractivity contribution is 0.377. The minimum atomic E-state index is 0.587. The largest absolute Gasteiger partial charge is 0.493 e. The van der Waals surface area contributed by atoms with Gasteiger partial charge in [0.25, 0.3) is 0 Å². The lowest BCUT2D eigenvalue weighted by atomic mass is 10.1. The average molecular weight is 322 g/mol. The standard InChI is InChI=1S/C15H16BrNO2/c1-18-13-4-2-3-5-14(13)19-15-10-12(16)7-6-11(15)8-9-17/h2-7,10H,8-9,17H2,1H3. The molecule has 0 saturated heterocycles. The summed E-state index contributed by atoms with van der Waals surface area (Å²) in [5.41, 5.74) is 6.71. The van der Waals surface area contributed by atoms with Gasteiger partial charge in [0.2, 0.25) is 0 Å². The molecular formula is C15H16BrNO2. The Labute approximate surface area is 121 Å². The van der Waals surface area contributed by atoms with Crippen LogP contribution in [0.2, 0.25) is 0 Å². The number of halogens is 1. The molecular weight excluding hydrogens is 306 g/mol. The van der Waals surface area contributed by atoms with Crippen LogP contribution in [-0.2, 0) is 6.42 Å². The minimum absolute atomic E-state index is 0.587. The highest BCUT2D eigenvalue weighted by Crippen LogP contribution is 2.34. The van der Waals surface area contributed by atoms with Gasteiger partial charge in [0.15, 0.2) is 11.5 Å². The number of methoxy groups -OCH3 is 1. The van der Waals surface area contributed by atoms with Crippen molar-refractivity contribution in [1.29, 1.82) is 0 Å². The van der Waals surface area contributed by atoms with Gasteiger partial charge in [-0.05, 0) is 42.8 Å². The van der Waals surface area contributed by atoms with Crippen LogP contribution < -0.4 is 15.2 Å². The van der Waals surface area contributed by atoms with Crippen molar-refractivity contribution in [3.05, 3.63) is 52.5 Å². The van der Waals surface area contributed by atoms with Gasteiger partial charge in [-0.2, -0.15) is 0 Å². The molecule has 0 saturated carbocycles. The number of hydrogen-bond donors (Lipinski definition) is 1. The summed E-state index contributed by atoms with van der Waals surface area (Å²) in [6, 6.07) is 13.5. The second kappa shape index (κ2) is 6.59. The first-order valence-corrected chi connectivity index (χ1v) is 6.83. The molecule has 0 aliphatic heterocycles. The monoisotopic (exact) mass is 321 g/mol. The Bertz CT molecular complexity index is 558. The smallest absolute Gasteiger partial charge is 0.169 e. The fourth-order valence-electron chi connectivity index (χ4n) is 1.81. The van der Waals surface area contributed by atoms with Gasteiger partial charge in [-0.15, -0.1) is 0 Å². The molecule has 2 aromatic carbocycles. The number of ether oxygens (including phenoxy) is 2. The van der Waals surface area contributed by atoms with E-state index in [1.54, 1.807) is 7.11 Å². The van der Waals surface area contributed by atoms with Crippen molar-refractivity contribution in [3.63, 3.8) is 0 Å². The van der Waals surface area contributed by atoms with Gasteiger partial charge in [-0.1, -0.05) is 34.1 Å². The molecule has 2 N–H and O–H groups in total. The zero-order valence-corrected chi connectivity index (χ0v) is 12.3. The van der Waals surface area contributed by atoms with Crippen molar-refractivity contribution < 1.29 is 9.47 Å². The Morgan fingerprint density at radius 3 is 2.47 bits per heavy atom. The fourth-order valence-corrected chi connectivity index (χ4v) is 2.15. The van der Waals surface area contributed by atoms with Crippen LogP contribution in [0, 0.1) is 0 Å². The highest BCUT2D eigenvalue weighted by Gasteiger charge is 2.09. The molecule has 0 unspecified atom stereocenters. The summed E-state index contributed by atoms with van der Waals surface area (Å²) in [6.45, 7) is 0.587. The molecule has 0 bridgehead atoms. The van der Waals surface area contributed by atoms with Crippen molar-refractivity contribution >= 4 is 15.9 Å². The van der Waals surface area contributed by atoms with Crippen LogP contribution in [0.3, 0.4) is 0 Å². The Kier molecular flexibility index (Phi) is 4.82. The van der Waals surface area contributed by atoms with Gasteiger partial charge in [0.1, 0.15) is 5.75 Å². The van der Waals surface area contributed by atoms with Crippen molar-refractivity contribution in [2.24, 2.45) is 5.73 Å². The SMILES string of the molecule is COc1ccccc1Oc1cc(Br)ccc1CCN. The summed E-state index contributed by atoms with van der Waals surface area (Å²) in [4.78, 5) is 0. The molecule has 3 nitrogen and oxygen atoms in total. The van der Waals surface area contributed by atoms with Crippen molar-refractivity contribution in [2.45, 2.75) is 6.42 Å². The van der Waals surface area contributed by atoms with Crippen LogP contribution in [0.25, 0.3) is 0 Å². The van der Waals surface area contributed by atoms with E-state index in [1.165, 1.54) is 0 Å². The van der Waals surface area contributed by atoms with Gasteiger partial charge in [-0.3, -0.25) is 0 Å². The van der Waals surface area contributed by atoms with E-state index in [0.717, 1.165) is 22.2 Å². The maximum atomic E-state index is 5.95. The number of rotatable bonds is 5. The minimum Gasteiger partial charge on any atom is -0.493 e. The molecule has 2 rings (SSSR count). The predicted molar refractivity (Wildman–Crippen MR) is 80.0 cm³/mol. The molecule has 0 atom stereocenters. The number of hydrogen-bond acceptors (Lipinski definition) is 3. The summed E-state index contributed by atoms with van der Waals surface area (Å²) >= 11 is 3.45. The van der Waals surface area contributed by atoms with E-state index in [4.69, 9.17) is 15.2 Å². The number of para-hydroxylation sites is 2. The molecule has 19 heavy (non-hydrogen) atoms. The average Bonchev–Trinajstić information content (AvgIpc) is 2.42. The van der Waals surface area contributed by atoms with Crippen LogP contribution in [0.15, 0.2) is 46.9 Å². The number of benzene rings is 2. The van der Waals surface area contributed by atoms with Gasteiger partial charge >= 0.3 is 0 Å². The third-order valence-corrected chi connectivity index (χ3v) is 3.23. The summed E-state index contributed by atoms with van der Waals surface area (Å²) in [5.74, 6) is 2.20. The van der Waals surface area contributed by atoms with Gasteiger partial charge in [0.05, 0.1) is 7.11 Å². The Morgan fingerprint density at radius 1 is 1.05 bits per heavy atom. The van der Waals surface area contributed by atoms with Crippen molar-refractivity contribution in [3.8, 4) is 17.2 Å². The summed E-state index contributed by atoms with van der Waals surface area (Å²) in [6.07, 6.45) is 0.776. The maximum Gasteiger partial charge on any atom is 0.169 e. The Morgan fingerprint density at radius 2 is 1.79 bits per heavy atom. The summed E-state index contributed by atoms with van der Waals surface area (Å²) < 4.78 is 12.2. The quantitative estimate of drug-likeness (QED) is 0.912. The third-order valence-electron chi connectivity index (χ3n) is 2.73. The molecule has 0 heterocycles. The van der Waals surface area contributed by atoms with Crippen LogP contribution in [0.4, 0.5) is 0 Å². The van der Waals surface area contributed by atoms with Crippen LogP contribution in [-0.4, -0.2) is 13.7 Å². The second-order valence-electron chi connectivity index (χ2n) is 4.04. The van der Waals surface area contributed by atoms with E-state index in [0.29, 0.717) is 18.0 Å². The summed E-state index contributed by atoms with van der Waals surface area (Å²) in [5, 5.41) is 0. The normalized spacial score (nSPS) is 10.3. The molecule has 0 amide bonds. The third kappa shape index (κ3) is 3.49. The van der Waals surface area contributed by atoms with E-state index >= 15 is 0 Å².